The molecule has 0 saturated carbocycles. The van der Waals surface area contributed by atoms with Crippen LogP contribution in [0, 0.1) is 5.82 Å². The summed E-state index contributed by atoms with van der Waals surface area (Å²) in [5.41, 5.74) is 1.91. The van der Waals surface area contributed by atoms with Crippen molar-refractivity contribution in [2.75, 3.05) is 18.4 Å². The third-order valence-corrected chi connectivity index (χ3v) is 6.82. The Morgan fingerprint density at radius 3 is 2.43 bits per heavy atom. The Kier molecular flexibility index (Phi) is 6.46. The van der Waals surface area contributed by atoms with Crippen LogP contribution in [0.25, 0.3) is 0 Å². The minimum Gasteiger partial charge on any atom is -0.322 e. The lowest BCUT2D eigenvalue weighted by atomic mass is 10.1. The molecular formula is C21H25FN2O3S. The van der Waals surface area contributed by atoms with Gasteiger partial charge in [-0.2, -0.15) is 4.31 Å². The molecule has 1 N–H and O–H groups in total. The standard InChI is InChI=1S/C21H25FN2O3S/c1-2-3-6-16-7-10-18(11-8-16)23-21(25)17-9-12-19(22)20(15-17)28(26,27)24-13-4-5-14-24/h7-12,15H,2-6,13-14H2,1H3,(H,23,25). The number of amides is 1. The van der Waals surface area contributed by atoms with Crippen LogP contribution in [0.3, 0.4) is 0 Å². The van der Waals surface area contributed by atoms with Gasteiger partial charge in [0.25, 0.3) is 5.91 Å². The number of sulfonamides is 1. The van der Waals surface area contributed by atoms with Crippen molar-refractivity contribution in [1.29, 1.82) is 0 Å². The quantitative estimate of drug-likeness (QED) is 0.752. The van der Waals surface area contributed by atoms with E-state index in [9.17, 15) is 17.6 Å². The third kappa shape index (κ3) is 4.59. The minimum absolute atomic E-state index is 0.106. The largest absolute Gasteiger partial charge is 0.322 e. The van der Waals surface area contributed by atoms with Gasteiger partial charge in [-0.15, -0.1) is 0 Å². The summed E-state index contributed by atoms with van der Waals surface area (Å²) >= 11 is 0. The highest BCUT2D eigenvalue weighted by molar-refractivity contribution is 7.89. The summed E-state index contributed by atoms with van der Waals surface area (Å²) in [7, 11) is -3.93. The predicted octanol–water partition coefficient (Wildman–Crippen LogP) is 4.21. The van der Waals surface area contributed by atoms with Gasteiger partial charge in [-0.1, -0.05) is 25.5 Å². The van der Waals surface area contributed by atoms with Crippen LogP contribution in [0.5, 0.6) is 0 Å². The molecule has 1 heterocycles. The number of anilines is 1. The molecular weight excluding hydrogens is 379 g/mol. The van der Waals surface area contributed by atoms with E-state index in [-0.39, 0.29) is 5.56 Å². The molecule has 150 valence electrons. The van der Waals surface area contributed by atoms with E-state index >= 15 is 0 Å². The molecule has 5 nitrogen and oxygen atoms in total. The predicted molar refractivity (Wildman–Crippen MR) is 107 cm³/mol. The molecule has 0 bridgehead atoms. The van der Waals surface area contributed by atoms with Crippen LogP contribution in [-0.4, -0.2) is 31.7 Å². The van der Waals surface area contributed by atoms with Gasteiger partial charge in [-0.3, -0.25) is 4.79 Å². The summed E-state index contributed by atoms with van der Waals surface area (Å²) in [5, 5.41) is 2.74. The third-order valence-electron chi connectivity index (χ3n) is 4.91. The monoisotopic (exact) mass is 404 g/mol. The van der Waals surface area contributed by atoms with Crippen LogP contribution >= 0.6 is 0 Å². The normalized spacial score (nSPS) is 14.9. The first-order valence-electron chi connectivity index (χ1n) is 9.62. The molecule has 3 rings (SSSR count). The summed E-state index contributed by atoms with van der Waals surface area (Å²) < 4.78 is 40.8. The highest BCUT2D eigenvalue weighted by Gasteiger charge is 2.30. The number of hydrogen-bond acceptors (Lipinski definition) is 3. The van der Waals surface area contributed by atoms with Crippen molar-refractivity contribution in [2.24, 2.45) is 0 Å². The smallest absolute Gasteiger partial charge is 0.255 e. The average molecular weight is 405 g/mol. The van der Waals surface area contributed by atoms with E-state index in [2.05, 4.69) is 12.2 Å². The molecule has 2 aromatic carbocycles. The van der Waals surface area contributed by atoms with Gasteiger partial charge in [0.1, 0.15) is 10.7 Å². The molecule has 0 unspecified atom stereocenters. The lowest BCUT2D eigenvalue weighted by molar-refractivity contribution is 0.102. The van der Waals surface area contributed by atoms with Crippen LogP contribution in [0.2, 0.25) is 0 Å². The first-order chi connectivity index (χ1) is 13.4. The molecule has 1 aliphatic rings. The van der Waals surface area contributed by atoms with Crippen molar-refractivity contribution >= 4 is 21.6 Å². The van der Waals surface area contributed by atoms with Gasteiger partial charge in [-0.25, -0.2) is 12.8 Å². The summed E-state index contributed by atoms with van der Waals surface area (Å²) in [4.78, 5) is 12.1. The molecule has 2 aromatic rings. The Bertz CT molecular complexity index is 937. The van der Waals surface area contributed by atoms with Crippen LogP contribution in [-0.2, 0) is 16.4 Å². The van der Waals surface area contributed by atoms with Crippen LogP contribution in [0.1, 0.15) is 48.5 Å². The second kappa shape index (κ2) is 8.84. The maximum Gasteiger partial charge on any atom is 0.255 e. The second-order valence-electron chi connectivity index (χ2n) is 7.01. The summed E-state index contributed by atoms with van der Waals surface area (Å²) in [5.74, 6) is -1.32. The molecule has 1 fully saturated rings. The Balaban J connectivity index is 1.77. The Labute approximate surface area is 165 Å². The lowest BCUT2D eigenvalue weighted by Gasteiger charge is -2.16. The van der Waals surface area contributed by atoms with Crippen LogP contribution in [0.15, 0.2) is 47.4 Å². The van der Waals surface area contributed by atoms with Gasteiger partial charge >= 0.3 is 0 Å². The molecule has 0 atom stereocenters. The lowest BCUT2D eigenvalue weighted by Crippen LogP contribution is -2.29. The van der Waals surface area contributed by atoms with Crippen LogP contribution < -0.4 is 5.32 Å². The first-order valence-corrected chi connectivity index (χ1v) is 11.1. The zero-order valence-corrected chi connectivity index (χ0v) is 16.8. The van der Waals surface area contributed by atoms with E-state index < -0.39 is 26.6 Å². The maximum atomic E-state index is 14.2. The Morgan fingerprint density at radius 1 is 1.11 bits per heavy atom. The maximum absolute atomic E-state index is 14.2. The number of carbonyl (C=O) groups is 1. The molecule has 7 heteroatoms. The van der Waals surface area contributed by atoms with Crippen molar-refractivity contribution < 1.29 is 17.6 Å². The number of nitrogens with one attached hydrogen (secondary N) is 1. The number of hydrogen-bond donors (Lipinski definition) is 1. The van der Waals surface area contributed by atoms with Gasteiger partial charge in [0.2, 0.25) is 10.0 Å². The molecule has 28 heavy (non-hydrogen) atoms. The highest BCUT2D eigenvalue weighted by atomic mass is 32.2. The van der Waals surface area contributed by atoms with E-state index in [4.69, 9.17) is 0 Å². The molecule has 0 spiro atoms. The number of aryl methyl sites for hydroxylation is 1. The topological polar surface area (TPSA) is 66.5 Å². The number of halogens is 1. The summed E-state index contributed by atoms with van der Waals surface area (Å²) in [6.07, 6.45) is 4.73. The van der Waals surface area contributed by atoms with E-state index in [1.807, 2.05) is 24.3 Å². The van der Waals surface area contributed by atoms with Crippen molar-refractivity contribution in [3.8, 4) is 0 Å². The minimum atomic E-state index is -3.93. The van der Waals surface area contributed by atoms with Gasteiger partial charge in [0.05, 0.1) is 0 Å². The molecule has 0 aromatic heterocycles. The van der Waals surface area contributed by atoms with Crippen molar-refractivity contribution in [2.45, 2.75) is 43.9 Å². The fourth-order valence-electron chi connectivity index (χ4n) is 3.25. The number of unbranched alkanes of at least 4 members (excludes halogenated alkanes) is 1. The van der Waals surface area contributed by atoms with E-state index in [1.54, 1.807) is 0 Å². The fourth-order valence-corrected chi connectivity index (χ4v) is 4.86. The zero-order valence-electron chi connectivity index (χ0n) is 15.9. The van der Waals surface area contributed by atoms with Gasteiger partial charge < -0.3 is 5.32 Å². The summed E-state index contributed by atoms with van der Waals surface area (Å²) in [6, 6.07) is 11.0. The molecule has 0 aliphatic carbocycles. The van der Waals surface area contributed by atoms with Gasteiger partial charge in [0, 0.05) is 24.3 Å². The van der Waals surface area contributed by atoms with Gasteiger partial charge in [0.15, 0.2) is 0 Å². The van der Waals surface area contributed by atoms with Crippen molar-refractivity contribution in [1.82, 2.24) is 4.31 Å². The SMILES string of the molecule is CCCCc1ccc(NC(=O)c2ccc(F)c(S(=O)(=O)N3CCCC3)c2)cc1. The average Bonchev–Trinajstić information content (AvgIpc) is 3.23. The number of nitrogens with zero attached hydrogens (tertiary/aromatic N) is 1. The Morgan fingerprint density at radius 2 is 1.79 bits per heavy atom. The zero-order chi connectivity index (χ0) is 20.1. The summed E-state index contributed by atoms with van der Waals surface area (Å²) in [6.45, 7) is 2.89. The number of rotatable bonds is 7. The highest BCUT2D eigenvalue weighted by Crippen LogP contribution is 2.24. The number of benzene rings is 2. The first kappa shape index (κ1) is 20.5. The fraction of sp³-hybridized carbons (Fsp3) is 0.381. The van der Waals surface area contributed by atoms with Gasteiger partial charge in [-0.05, 0) is 61.6 Å². The Hall–Kier alpha value is -2.25. The molecule has 0 radical (unpaired) electrons. The molecule has 1 aliphatic heterocycles. The second-order valence-corrected chi connectivity index (χ2v) is 8.92. The van der Waals surface area contributed by atoms with Crippen molar-refractivity contribution in [3.05, 3.63) is 59.4 Å². The van der Waals surface area contributed by atoms with E-state index in [1.165, 1.54) is 15.9 Å². The van der Waals surface area contributed by atoms with Crippen molar-refractivity contribution in [3.63, 3.8) is 0 Å². The van der Waals surface area contributed by atoms with Crippen LogP contribution in [0.4, 0.5) is 10.1 Å². The van der Waals surface area contributed by atoms with E-state index in [0.717, 1.165) is 44.2 Å². The number of carbonyl (C=O) groups excluding carboxylic acids is 1. The van der Waals surface area contributed by atoms with E-state index in [0.29, 0.717) is 18.8 Å². The molecule has 1 saturated heterocycles. The molecule has 1 amide bonds.